The van der Waals surface area contributed by atoms with Crippen LogP contribution in [0.4, 0.5) is 5.69 Å². The van der Waals surface area contributed by atoms with Gasteiger partial charge >= 0.3 is 70.7 Å². The number of rotatable bonds is 2. The second-order valence-electron chi connectivity index (χ2n) is 2.32. The van der Waals surface area contributed by atoms with Gasteiger partial charge in [-0.2, -0.15) is 0 Å². The Kier molecular flexibility index (Phi) is 2.43. The number of carboxylic acid groups (broad SMARTS) is 1. The number of benzene rings is 1. The van der Waals surface area contributed by atoms with E-state index in [-0.39, 0.29) is 11.3 Å². The van der Waals surface area contributed by atoms with Crippen molar-refractivity contribution in [1.29, 1.82) is 0 Å². The molecular weight excluding hydrogens is 152 g/mol. The quantitative estimate of drug-likeness (QED) is 0.445. The average molecular weight is 158 g/mol. The van der Waals surface area contributed by atoms with Gasteiger partial charge in [-0.3, -0.25) is 0 Å². The Morgan fingerprint density at radius 3 is 2.75 bits per heavy atom. The summed E-state index contributed by atoms with van der Waals surface area (Å²) in [6, 6.07) is 4.60. The third kappa shape index (κ3) is 1.61. The van der Waals surface area contributed by atoms with Gasteiger partial charge in [0.15, 0.2) is 0 Å². The second kappa shape index (κ2) is 3.34. The van der Waals surface area contributed by atoms with Crippen molar-refractivity contribution in [3.8, 4) is 0 Å². The van der Waals surface area contributed by atoms with Gasteiger partial charge in [-0.25, -0.2) is 0 Å². The van der Waals surface area contributed by atoms with E-state index < -0.39 is 5.97 Å². The molecule has 12 heavy (non-hydrogen) atoms. The van der Waals surface area contributed by atoms with Crippen LogP contribution in [0.25, 0.3) is 0 Å². The van der Waals surface area contributed by atoms with Crippen molar-refractivity contribution in [3.63, 3.8) is 0 Å². The van der Waals surface area contributed by atoms with Gasteiger partial charge in [0.25, 0.3) is 0 Å². The molecule has 0 atom stereocenters. The Morgan fingerprint density at radius 1 is 1.58 bits per heavy atom. The molecule has 0 unspecified atom stereocenters. The average Bonchev–Trinajstić information content (AvgIpc) is 2.05. The zero-order valence-corrected chi connectivity index (χ0v) is 6.32. The van der Waals surface area contributed by atoms with Crippen molar-refractivity contribution in [3.05, 3.63) is 23.8 Å². The maximum atomic E-state index is 10.6. The van der Waals surface area contributed by atoms with Gasteiger partial charge in [0, 0.05) is 0 Å². The number of anilines is 1. The van der Waals surface area contributed by atoms with Crippen molar-refractivity contribution in [2.75, 3.05) is 5.73 Å². The summed E-state index contributed by atoms with van der Waals surface area (Å²) in [6.45, 7) is 1.33. The van der Waals surface area contributed by atoms with Gasteiger partial charge in [-0.05, 0) is 0 Å². The summed E-state index contributed by atoms with van der Waals surface area (Å²) in [5.41, 5.74) is 6.37. The Balaban J connectivity index is 3.25. The van der Waals surface area contributed by atoms with Gasteiger partial charge < -0.3 is 0 Å². The summed E-state index contributed by atoms with van der Waals surface area (Å²) >= 11 is 0. The molecule has 1 radical (unpaired) electrons. The fraction of sp³-hybridized carbons (Fsp3) is 0. The Labute approximate surface area is 71.5 Å². The fourth-order valence-electron chi connectivity index (χ4n) is 0.863. The number of carbonyl (C=O) groups is 1. The fourth-order valence-corrected chi connectivity index (χ4v) is 0.863. The molecule has 5 heteroatoms. The molecule has 1 aromatic rings. The molecule has 0 aromatic heterocycles. The molecule has 0 spiro atoms. The molecule has 0 heterocycles. The number of nitrogen functional groups attached to an aromatic ring is 1. The summed E-state index contributed by atoms with van der Waals surface area (Å²) in [6.07, 6.45) is 0. The third-order valence-electron chi connectivity index (χ3n) is 1.50. The van der Waals surface area contributed by atoms with Crippen LogP contribution >= 0.6 is 0 Å². The summed E-state index contributed by atoms with van der Waals surface area (Å²) < 4.78 is 0. The van der Waals surface area contributed by atoms with Gasteiger partial charge in [0.2, 0.25) is 0 Å². The number of nitrogens with two attached hydrogens (primary N) is 1. The summed E-state index contributed by atoms with van der Waals surface area (Å²) in [5.74, 6) is -1.05. The van der Waals surface area contributed by atoms with E-state index in [1.807, 2.05) is 0 Å². The van der Waals surface area contributed by atoms with E-state index in [0.29, 0.717) is 5.46 Å². The molecule has 0 saturated carbocycles. The van der Waals surface area contributed by atoms with Crippen molar-refractivity contribution in [1.82, 2.24) is 0 Å². The van der Waals surface area contributed by atoms with Crippen LogP contribution in [0.3, 0.4) is 0 Å². The number of carboxylic acids is 1. The van der Waals surface area contributed by atoms with E-state index in [9.17, 15) is 4.79 Å². The first kappa shape index (κ1) is 8.71. The number of hydrogen-bond donors (Lipinski definition) is 2. The molecule has 0 aliphatic rings. The molecule has 0 saturated heterocycles. The Bertz CT molecular complexity index is 338. The van der Waals surface area contributed by atoms with E-state index in [0.717, 1.165) is 0 Å². The van der Waals surface area contributed by atoms with Crippen LogP contribution in [0.1, 0.15) is 10.4 Å². The van der Waals surface area contributed by atoms with E-state index in [4.69, 9.17) is 18.2 Å². The minimum absolute atomic E-state index is 0.0780. The van der Waals surface area contributed by atoms with Crippen LogP contribution in [-0.4, -0.2) is 25.2 Å². The van der Waals surface area contributed by atoms with Crippen LogP contribution < -0.4 is 11.2 Å². The van der Waals surface area contributed by atoms with Crippen molar-refractivity contribution >= 4 is 31.3 Å². The molecule has 0 aliphatic heterocycles. The van der Waals surface area contributed by atoms with Gasteiger partial charge in [0.05, 0.1) is 0 Å². The van der Waals surface area contributed by atoms with Crippen molar-refractivity contribution < 1.29 is 9.90 Å². The molecule has 1 rings (SSSR count). The first-order valence-electron chi connectivity index (χ1n) is 3.33. The molecule has 0 aliphatic carbocycles. The standard InChI is InChI=1S/C7H6B2NO2/c8-9-4-1-2-6(10)5(3-4)7(11)12/h1-3H,10H2,(H,11,12). The van der Waals surface area contributed by atoms with Gasteiger partial charge in [0.1, 0.15) is 0 Å². The predicted molar refractivity (Wildman–Crippen MR) is 49.0 cm³/mol. The van der Waals surface area contributed by atoms with Crippen LogP contribution in [-0.2, 0) is 0 Å². The van der Waals surface area contributed by atoms with E-state index >= 15 is 0 Å². The summed E-state index contributed by atoms with van der Waals surface area (Å²) in [7, 11) is 5.21. The molecular formula is C7H6B2NO2. The van der Waals surface area contributed by atoms with Gasteiger partial charge in [-0.1, -0.05) is 0 Å². The topological polar surface area (TPSA) is 63.3 Å². The first-order valence-corrected chi connectivity index (χ1v) is 3.33. The minimum atomic E-state index is -1.05. The van der Waals surface area contributed by atoms with Gasteiger partial charge in [-0.15, -0.1) is 0 Å². The monoisotopic (exact) mass is 158 g/mol. The van der Waals surface area contributed by atoms with Crippen molar-refractivity contribution in [2.24, 2.45) is 0 Å². The third-order valence-corrected chi connectivity index (χ3v) is 1.50. The number of aromatic carboxylic acids is 1. The summed E-state index contributed by atoms with van der Waals surface area (Å²) in [5, 5.41) is 8.65. The van der Waals surface area contributed by atoms with Crippen LogP contribution in [0, 0.1) is 0 Å². The summed E-state index contributed by atoms with van der Waals surface area (Å²) in [4.78, 5) is 10.6. The zero-order valence-electron chi connectivity index (χ0n) is 6.32. The Morgan fingerprint density at radius 2 is 2.25 bits per heavy atom. The van der Waals surface area contributed by atoms with E-state index in [2.05, 4.69) is 0 Å². The predicted octanol–water partition coefficient (Wildman–Crippen LogP) is -0.620. The van der Waals surface area contributed by atoms with E-state index in [1.165, 1.54) is 18.9 Å². The maximum absolute atomic E-state index is 10.6. The van der Waals surface area contributed by atoms with Crippen LogP contribution in [0.2, 0.25) is 0 Å². The molecule has 0 bridgehead atoms. The van der Waals surface area contributed by atoms with Crippen molar-refractivity contribution in [2.45, 2.75) is 0 Å². The van der Waals surface area contributed by atoms with Crippen LogP contribution in [0.5, 0.6) is 0 Å². The molecule has 3 nitrogen and oxygen atoms in total. The second-order valence-corrected chi connectivity index (χ2v) is 2.32. The first-order chi connectivity index (χ1) is 5.65. The van der Waals surface area contributed by atoms with E-state index in [1.54, 1.807) is 6.07 Å². The van der Waals surface area contributed by atoms with Crippen LogP contribution in [0.15, 0.2) is 18.2 Å². The SMILES string of the molecule is [B]=Bc1ccc(N)c(C(=O)O)c1. The number of hydrogen-bond acceptors (Lipinski definition) is 2. The Hall–Kier alpha value is -1.38. The normalized spacial score (nSPS) is 8.92. The zero-order chi connectivity index (χ0) is 9.14. The molecule has 1 aromatic carbocycles. The molecule has 0 fully saturated rings. The molecule has 57 valence electrons. The molecule has 3 N–H and O–H groups in total. The molecule has 0 amide bonds.